The summed E-state index contributed by atoms with van der Waals surface area (Å²) in [4.78, 5) is 14.4. The van der Waals surface area contributed by atoms with Gasteiger partial charge in [-0.3, -0.25) is 14.4 Å². The molecule has 1 fully saturated rings. The molecule has 1 aliphatic heterocycles. The maximum Gasteiger partial charge on any atom is 0.254 e. The summed E-state index contributed by atoms with van der Waals surface area (Å²) >= 11 is 5.76. The summed E-state index contributed by atoms with van der Waals surface area (Å²) in [6, 6.07) is 4.63. The quantitative estimate of drug-likeness (QED) is 0.936. The average molecular weight is 337 g/mol. The molecule has 0 aliphatic carbocycles. The first-order chi connectivity index (χ1) is 11.0. The Morgan fingerprint density at radius 1 is 1.43 bits per heavy atom. The second kappa shape index (κ2) is 6.29. The molecule has 1 aromatic heterocycles. The van der Waals surface area contributed by atoms with Crippen molar-refractivity contribution < 1.29 is 9.18 Å². The summed E-state index contributed by atoms with van der Waals surface area (Å²) in [5.74, 6) is -0.611. The molecule has 3 rings (SSSR count). The van der Waals surface area contributed by atoms with Crippen LogP contribution in [0, 0.1) is 5.82 Å². The number of nitrogens with zero attached hydrogens (tertiary/aromatic N) is 3. The van der Waals surface area contributed by atoms with Gasteiger partial charge in [0, 0.05) is 19.8 Å². The minimum Gasteiger partial charge on any atom is -0.347 e. The van der Waals surface area contributed by atoms with Crippen LogP contribution in [-0.2, 0) is 7.05 Å². The Morgan fingerprint density at radius 3 is 2.87 bits per heavy atom. The van der Waals surface area contributed by atoms with Crippen LogP contribution in [0.1, 0.15) is 28.4 Å². The molecule has 23 heavy (non-hydrogen) atoms. The van der Waals surface area contributed by atoms with Crippen LogP contribution in [0.2, 0.25) is 5.02 Å². The zero-order valence-corrected chi connectivity index (χ0v) is 13.7. The summed E-state index contributed by atoms with van der Waals surface area (Å²) in [6.45, 7) is 0.826. The summed E-state index contributed by atoms with van der Waals surface area (Å²) in [6.07, 6.45) is 4.01. The zero-order chi connectivity index (χ0) is 16.6. The minimum atomic E-state index is -0.443. The summed E-state index contributed by atoms with van der Waals surface area (Å²) in [7, 11) is 3.73. The third-order valence-electron chi connectivity index (χ3n) is 4.22. The van der Waals surface area contributed by atoms with Gasteiger partial charge in [0.15, 0.2) is 0 Å². The molecule has 2 atom stereocenters. The third-order valence-corrected chi connectivity index (χ3v) is 4.52. The number of nitrogens with one attached hydrogen (secondary N) is 1. The molecule has 1 aromatic carbocycles. The molecule has 0 saturated carbocycles. The molecule has 1 saturated heterocycles. The average Bonchev–Trinajstić information content (AvgIpc) is 3.09. The Morgan fingerprint density at radius 2 is 2.22 bits per heavy atom. The molecule has 2 aromatic rings. The number of carbonyl (C=O) groups excluding carboxylic acids is 1. The fourth-order valence-electron chi connectivity index (χ4n) is 3.07. The maximum absolute atomic E-state index is 13.8. The molecule has 0 radical (unpaired) electrons. The van der Waals surface area contributed by atoms with Crippen molar-refractivity contribution in [3.05, 3.63) is 52.6 Å². The van der Waals surface area contributed by atoms with E-state index < -0.39 is 5.82 Å². The van der Waals surface area contributed by atoms with Gasteiger partial charge in [-0.15, -0.1) is 0 Å². The smallest absolute Gasteiger partial charge is 0.254 e. The van der Waals surface area contributed by atoms with Crippen LogP contribution in [-0.4, -0.2) is 40.2 Å². The van der Waals surface area contributed by atoms with Crippen LogP contribution in [0.3, 0.4) is 0 Å². The lowest BCUT2D eigenvalue weighted by Crippen LogP contribution is -2.38. The van der Waals surface area contributed by atoms with Crippen LogP contribution in [0.5, 0.6) is 0 Å². The number of aryl methyl sites for hydroxylation is 1. The fourth-order valence-corrected chi connectivity index (χ4v) is 3.19. The first kappa shape index (κ1) is 16.0. The summed E-state index contributed by atoms with van der Waals surface area (Å²) < 4.78 is 15.4. The first-order valence-electron chi connectivity index (χ1n) is 7.40. The number of aromatic nitrogens is 2. The second-order valence-electron chi connectivity index (χ2n) is 5.87. The molecule has 2 heterocycles. The molecule has 2 unspecified atom stereocenters. The van der Waals surface area contributed by atoms with Crippen LogP contribution in [0.15, 0.2) is 30.6 Å². The highest BCUT2D eigenvalue weighted by atomic mass is 35.5. The molecule has 1 N–H and O–H groups in total. The Bertz CT molecular complexity index is 733. The Hall–Kier alpha value is -1.92. The van der Waals surface area contributed by atoms with E-state index in [0.29, 0.717) is 5.56 Å². The Kier molecular flexibility index (Phi) is 4.37. The highest BCUT2D eigenvalue weighted by Crippen LogP contribution is 2.32. The summed E-state index contributed by atoms with van der Waals surface area (Å²) in [5, 5.41) is 7.14. The molecule has 122 valence electrons. The van der Waals surface area contributed by atoms with E-state index in [1.165, 1.54) is 12.3 Å². The highest BCUT2D eigenvalue weighted by molar-refractivity contribution is 6.30. The van der Waals surface area contributed by atoms with Crippen LogP contribution in [0.25, 0.3) is 0 Å². The minimum absolute atomic E-state index is 0.0811. The maximum atomic E-state index is 13.8. The van der Waals surface area contributed by atoms with Crippen molar-refractivity contribution in [3.63, 3.8) is 0 Å². The number of hydrogen-bond donors (Lipinski definition) is 1. The van der Waals surface area contributed by atoms with E-state index in [9.17, 15) is 9.18 Å². The van der Waals surface area contributed by atoms with Gasteiger partial charge < -0.3 is 5.32 Å². The van der Waals surface area contributed by atoms with E-state index in [-0.39, 0.29) is 23.0 Å². The van der Waals surface area contributed by atoms with Crippen molar-refractivity contribution in [2.45, 2.75) is 18.5 Å². The van der Waals surface area contributed by atoms with Gasteiger partial charge in [-0.25, -0.2) is 4.39 Å². The summed E-state index contributed by atoms with van der Waals surface area (Å²) in [5.41, 5.74) is 1.33. The largest absolute Gasteiger partial charge is 0.347 e. The normalized spacial score (nSPS) is 21.6. The monoisotopic (exact) mass is 336 g/mol. The lowest BCUT2D eigenvalue weighted by atomic mass is 10.00. The predicted molar refractivity (Wildman–Crippen MR) is 85.9 cm³/mol. The van der Waals surface area contributed by atoms with Gasteiger partial charge in [0.05, 0.1) is 28.9 Å². The standard InChI is InChI=1S/C16H18ClFN4O/c1-21-6-5-14(20-16(23)11-8-19-22(2)9-11)15(21)10-3-4-12(17)13(18)7-10/h3-4,7-9,14-15H,5-6H2,1-2H3,(H,20,23). The van der Waals surface area contributed by atoms with Gasteiger partial charge in [-0.2, -0.15) is 5.10 Å². The topological polar surface area (TPSA) is 50.2 Å². The van der Waals surface area contributed by atoms with Crippen LogP contribution < -0.4 is 5.32 Å². The van der Waals surface area contributed by atoms with E-state index in [1.54, 1.807) is 30.1 Å². The Balaban J connectivity index is 1.80. The van der Waals surface area contributed by atoms with Crippen LogP contribution in [0.4, 0.5) is 4.39 Å². The Labute approximate surface area is 139 Å². The lowest BCUT2D eigenvalue weighted by Gasteiger charge is -2.26. The van der Waals surface area contributed by atoms with Crippen molar-refractivity contribution in [1.29, 1.82) is 0 Å². The van der Waals surface area contributed by atoms with Crippen molar-refractivity contribution in [1.82, 2.24) is 20.0 Å². The van der Waals surface area contributed by atoms with E-state index in [1.807, 2.05) is 7.05 Å². The molecule has 0 spiro atoms. The van der Waals surface area contributed by atoms with Crippen LogP contribution >= 0.6 is 11.6 Å². The molecule has 0 bridgehead atoms. The molecular weight excluding hydrogens is 319 g/mol. The number of amides is 1. The third kappa shape index (κ3) is 3.23. The van der Waals surface area contributed by atoms with E-state index in [4.69, 9.17) is 11.6 Å². The highest BCUT2D eigenvalue weighted by Gasteiger charge is 2.34. The van der Waals surface area contributed by atoms with Gasteiger partial charge >= 0.3 is 0 Å². The van der Waals surface area contributed by atoms with Gasteiger partial charge in [0.1, 0.15) is 5.82 Å². The van der Waals surface area contributed by atoms with Crippen molar-refractivity contribution in [3.8, 4) is 0 Å². The van der Waals surface area contributed by atoms with Gasteiger partial charge in [-0.1, -0.05) is 17.7 Å². The molecular formula is C16H18ClFN4O. The van der Waals surface area contributed by atoms with E-state index >= 15 is 0 Å². The number of hydrogen-bond acceptors (Lipinski definition) is 3. The fraction of sp³-hybridized carbons (Fsp3) is 0.375. The van der Waals surface area contributed by atoms with Crippen molar-refractivity contribution in [2.24, 2.45) is 7.05 Å². The lowest BCUT2D eigenvalue weighted by molar-refractivity contribution is 0.0927. The van der Waals surface area contributed by atoms with Gasteiger partial charge in [-0.05, 0) is 31.2 Å². The predicted octanol–water partition coefficient (Wildman–Crippen LogP) is 2.39. The molecule has 7 heteroatoms. The second-order valence-corrected chi connectivity index (χ2v) is 6.28. The zero-order valence-electron chi connectivity index (χ0n) is 13.0. The molecule has 1 amide bonds. The SMILES string of the molecule is CN1CCC(NC(=O)c2cnn(C)c2)C1c1ccc(Cl)c(F)c1. The number of benzene rings is 1. The van der Waals surface area contributed by atoms with Crippen molar-refractivity contribution in [2.75, 3.05) is 13.6 Å². The number of carbonyl (C=O) groups is 1. The number of rotatable bonds is 3. The van der Waals surface area contributed by atoms with Crippen molar-refractivity contribution >= 4 is 17.5 Å². The molecule has 1 aliphatic rings. The van der Waals surface area contributed by atoms with Gasteiger partial charge in [0.25, 0.3) is 5.91 Å². The number of likely N-dealkylation sites (tertiary alicyclic amines) is 1. The molecule has 5 nitrogen and oxygen atoms in total. The number of halogens is 2. The van der Waals surface area contributed by atoms with E-state index in [2.05, 4.69) is 15.3 Å². The van der Waals surface area contributed by atoms with Gasteiger partial charge in [0.2, 0.25) is 0 Å². The first-order valence-corrected chi connectivity index (χ1v) is 7.78. The van der Waals surface area contributed by atoms with E-state index in [0.717, 1.165) is 18.5 Å². The number of likely N-dealkylation sites (N-methyl/N-ethyl adjacent to an activating group) is 1.